The molecule has 0 saturated carbocycles. The van der Waals surface area contributed by atoms with Gasteiger partial charge in [-0.15, -0.1) is 6.42 Å². The maximum absolute atomic E-state index is 7.25. The van der Waals surface area contributed by atoms with Gasteiger partial charge in [0.1, 0.15) is 11.5 Å². The molecule has 1 nitrogen and oxygen atoms in total. The first-order valence-electron chi connectivity index (χ1n) is 21.4. The van der Waals surface area contributed by atoms with Gasteiger partial charge in [0.2, 0.25) is 0 Å². The molecule has 60 heavy (non-hydrogen) atoms. The fourth-order valence-corrected chi connectivity index (χ4v) is 8.92. The van der Waals surface area contributed by atoms with E-state index in [1.807, 2.05) is 0 Å². The van der Waals surface area contributed by atoms with Crippen molar-refractivity contribution in [3.8, 4) is 47.5 Å². The van der Waals surface area contributed by atoms with Gasteiger partial charge in [0.05, 0.1) is 11.1 Å². The maximum atomic E-state index is 7.25. The molecule has 0 spiro atoms. The molecule has 0 fully saturated rings. The highest BCUT2D eigenvalue weighted by Crippen LogP contribution is 2.52. The van der Waals surface area contributed by atoms with Gasteiger partial charge in [0, 0.05) is 33.2 Å². The van der Waals surface area contributed by atoms with Gasteiger partial charge in [-0.25, -0.2) is 0 Å². The van der Waals surface area contributed by atoms with Crippen LogP contribution in [0.25, 0.3) is 21.5 Å². The predicted molar refractivity (Wildman–Crippen MR) is 252 cm³/mol. The zero-order valence-corrected chi connectivity index (χ0v) is 36.3. The summed E-state index contributed by atoms with van der Waals surface area (Å²) in [6.07, 6.45) is 9.53. The summed E-state index contributed by atoms with van der Waals surface area (Å²) in [5.74, 6) is 19.4. The number of fused-ring (bicyclic) bond motifs is 4. The van der Waals surface area contributed by atoms with Gasteiger partial charge in [0.25, 0.3) is 0 Å². The van der Waals surface area contributed by atoms with Crippen LogP contribution in [0.5, 0.6) is 11.5 Å². The zero-order chi connectivity index (χ0) is 42.0. The van der Waals surface area contributed by atoms with Crippen molar-refractivity contribution < 1.29 is 4.74 Å². The van der Waals surface area contributed by atoms with Crippen LogP contribution in [0.3, 0.4) is 0 Å². The SMILES string of the molecule is C#Cc1cc2ccc1CCc1ccc(c(C#Cc3cc(C(C)(C)C)cc4c3Oc3c(C#Cc5c6ccccc6cc6ccccc56)cc(C(C)(C)C)cc3C4(C)C)c1)CC2. The van der Waals surface area contributed by atoms with Crippen LogP contribution in [0.1, 0.15) is 128 Å². The van der Waals surface area contributed by atoms with E-state index >= 15 is 0 Å². The fourth-order valence-electron chi connectivity index (χ4n) is 8.92. The van der Waals surface area contributed by atoms with E-state index in [-0.39, 0.29) is 10.8 Å². The van der Waals surface area contributed by atoms with Gasteiger partial charge in [-0.3, -0.25) is 0 Å². The monoisotopic (exact) mass is 776 g/mol. The Bertz CT molecular complexity index is 3020. The molecular formula is C59H52O. The minimum Gasteiger partial charge on any atom is -0.454 e. The van der Waals surface area contributed by atoms with Crippen molar-refractivity contribution in [1.29, 1.82) is 0 Å². The summed E-state index contributed by atoms with van der Waals surface area (Å²) in [7, 11) is 0. The Morgan fingerprint density at radius 1 is 0.500 bits per heavy atom. The zero-order valence-electron chi connectivity index (χ0n) is 36.3. The predicted octanol–water partition coefficient (Wildman–Crippen LogP) is 13.7. The van der Waals surface area contributed by atoms with Crippen LogP contribution in [0, 0.1) is 36.0 Å². The van der Waals surface area contributed by atoms with Crippen molar-refractivity contribution in [1.82, 2.24) is 0 Å². The second kappa shape index (κ2) is 14.7. The number of ether oxygens (including phenoxy) is 1. The summed E-state index contributed by atoms with van der Waals surface area (Å²) < 4.78 is 7.25. The molecule has 4 aliphatic carbocycles. The fraction of sp³-hybridized carbons (Fsp3) is 0.254. The number of aryl methyl sites for hydroxylation is 4. The normalized spacial score (nSPS) is 14.1. The molecule has 0 unspecified atom stereocenters. The lowest BCUT2D eigenvalue weighted by Gasteiger charge is -2.38. The molecule has 0 N–H and O–H groups in total. The second-order valence-electron chi connectivity index (χ2n) is 19.3. The third kappa shape index (κ3) is 7.17. The van der Waals surface area contributed by atoms with Crippen LogP contribution in [0.15, 0.2) is 115 Å². The third-order valence-corrected chi connectivity index (χ3v) is 12.8. The quantitative estimate of drug-likeness (QED) is 0.110. The Morgan fingerprint density at radius 3 is 1.48 bits per heavy atom. The van der Waals surface area contributed by atoms with Crippen molar-refractivity contribution in [3.05, 3.63) is 188 Å². The van der Waals surface area contributed by atoms with Crippen LogP contribution in [0.4, 0.5) is 0 Å². The third-order valence-electron chi connectivity index (χ3n) is 12.8. The van der Waals surface area contributed by atoms with Gasteiger partial charge in [0.15, 0.2) is 0 Å². The maximum Gasteiger partial charge on any atom is 0.147 e. The number of hydrogen-bond donors (Lipinski definition) is 0. The van der Waals surface area contributed by atoms with Gasteiger partial charge in [-0.2, -0.15) is 0 Å². The Kier molecular flexibility index (Phi) is 9.54. The Morgan fingerprint density at radius 2 is 0.967 bits per heavy atom. The van der Waals surface area contributed by atoms with Crippen LogP contribution in [-0.2, 0) is 41.9 Å². The van der Waals surface area contributed by atoms with Crippen molar-refractivity contribution >= 4 is 21.5 Å². The minimum absolute atomic E-state index is 0.0989. The van der Waals surface area contributed by atoms with E-state index in [2.05, 4.69) is 200 Å². The number of benzene rings is 7. The molecule has 7 aromatic carbocycles. The largest absolute Gasteiger partial charge is 0.454 e. The summed E-state index contributed by atoms with van der Waals surface area (Å²) in [5, 5.41) is 4.67. The standard InChI is InChI=1S/C59H52O/c1-10-40-31-38-19-23-41(40)24-20-39-22-26-42(25-21-38)43(32-39)27-28-46-34-48(57(2,3)4)36-53-55(46)60-56-47(35-49(58(5,6)7)37-54(56)59(53,8)9)29-30-52-50-17-13-11-15-44(50)33-45-16-12-14-18-51(45)52/h1,11-19,22-23,26,31-37H,20-21,24-25H2,2-9H3. The van der Waals surface area contributed by atoms with Crippen molar-refractivity contribution in [2.75, 3.05) is 0 Å². The summed E-state index contributed by atoms with van der Waals surface area (Å²) >= 11 is 0. The highest BCUT2D eigenvalue weighted by molar-refractivity contribution is 6.04. The van der Waals surface area contributed by atoms with E-state index in [1.54, 1.807) is 0 Å². The molecule has 0 saturated heterocycles. The van der Waals surface area contributed by atoms with E-state index in [0.717, 1.165) is 86.9 Å². The Hall–Kier alpha value is -6.46. The molecule has 0 aromatic heterocycles. The average molecular weight is 777 g/mol. The van der Waals surface area contributed by atoms with Crippen LogP contribution >= 0.6 is 0 Å². The van der Waals surface area contributed by atoms with Crippen molar-refractivity contribution in [3.63, 3.8) is 0 Å². The molecular weight excluding hydrogens is 725 g/mol. The molecule has 1 heterocycles. The second-order valence-corrected chi connectivity index (χ2v) is 19.3. The van der Waals surface area contributed by atoms with Crippen LogP contribution in [-0.4, -0.2) is 0 Å². The van der Waals surface area contributed by atoms with Gasteiger partial charge >= 0.3 is 0 Å². The summed E-state index contributed by atoms with van der Waals surface area (Å²) in [6, 6.07) is 42.1. The van der Waals surface area contributed by atoms with Crippen LogP contribution in [0.2, 0.25) is 0 Å². The minimum atomic E-state index is -0.393. The molecule has 0 amide bonds. The smallest absolute Gasteiger partial charge is 0.147 e. The lowest BCUT2D eigenvalue weighted by atomic mass is 9.70. The highest BCUT2D eigenvalue weighted by Gasteiger charge is 2.39. The molecule has 7 aromatic rings. The number of hydrogen-bond acceptors (Lipinski definition) is 1. The van der Waals surface area contributed by atoms with Crippen molar-refractivity contribution in [2.45, 2.75) is 97.3 Å². The summed E-state index contributed by atoms with van der Waals surface area (Å²) in [6.45, 7) is 18.3. The van der Waals surface area contributed by atoms with E-state index in [1.165, 1.54) is 44.2 Å². The lowest BCUT2D eigenvalue weighted by Crippen LogP contribution is -2.28. The Labute approximate surface area is 357 Å². The number of rotatable bonds is 0. The first-order valence-corrected chi connectivity index (χ1v) is 21.4. The molecule has 0 atom stereocenters. The molecule has 5 aliphatic rings. The molecule has 294 valence electrons. The molecule has 1 aliphatic heterocycles. The molecule has 1 heteroatoms. The van der Waals surface area contributed by atoms with E-state index in [9.17, 15) is 0 Å². The van der Waals surface area contributed by atoms with E-state index in [4.69, 9.17) is 11.2 Å². The van der Waals surface area contributed by atoms with Crippen LogP contribution < -0.4 is 4.74 Å². The molecule has 12 rings (SSSR count). The van der Waals surface area contributed by atoms with Gasteiger partial charge in [-0.1, -0.05) is 170 Å². The molecule has 4 bridgehead atoms. The van der Waals surface area contributed by atoms with Gasteiger partial charge < -0.3 is 4.74 Å². The van der Waals surface area contributed by atoms with E-state index in [0.29, 0.717) is 0 Å². The average Bonchev–Trinajstić information content (AvgIpc) is 3.21. The summed E-state index contributed by atoms with van der Waals surface area (Å²) in [5.41, 5.74) is 14.1. The van der Waals surface area contributed by atoms with E-state index < -0.39 is 5.41 Å². The number of terminal acetylenes is 1. The summed E-state index contributed by atoms with van der Waals surface area (Å²) in [4.78, 5) is 0. The van der Waals surface area contributed by atoms with Gasteiger partial charge in [-0.05, 0) is 122 Å². The lowest BCUT2D eigenvalue weighted by molar-refractivity contribution is 0.412. The molecule has 0 radical (unpaired) electrons. The first-order chi connectivity index (χ1) is 28.7. The van der Waals surface area contributed by atoms with Crippen molar-refractivity contribution in [2.24, 2.45) is 0 Å². The topological polar surface area (TPSA) is 9.23 Å². The first kappa shape index (κ1) is 39.0. The Balaban J connectivity index is 1.21. The highest BCUT2D eigenvalue weighted by atomic mass is 16.5.